The number of anilines is 1. The molecule has 6 heteroatoms. The van der Waals surface area contributed by atoms with Crippen LogP contribution in [-0.2, 0) is 0 Å². The summed E-state index contributed by atoms with van der Waals surface area (Å²) in [5.41, 5.74) is 2.30. The Labute approximate surface area is 174 Å². The molecule has 148 valence electrons. The normalized spacial score (nSPS) is 14.1. The second-order valence-electron chi connectivity index (χ2n) is 7.33. The van der Waals surface area contributed by atoms with Crippen LogP contribution in [0.5, 0.6) is 0 Å². The molecule has 0 saturated carbocycles. The van der Waals surface area contributed by atoms with E-state index in [2.05, 4.69) is 26.1 Å². The minimum absolute atomic E-state index is 0.0805. The summed E-state index contributed by atoms with van der Waals surface area (Å²) in [5.74, 6) is 0.907. The number of nitrogens with zero attached hydrogens (tertiary/aromatic N) is 5. The molecule has 0 N–H and O–H groups in total. The number of aromatic nitrogens is 3. The van der Waals surface area contributed by atoms with Crippen LogP contribution in [0.15, 0.2) is 79.0 Å². The van der Waals surface area contributed by atoms with Crippen LogP contribution in [0, 0.1) is 0 Å². The maximum absolute atomic E-state index is 13.0. The van der Waals surface area contributed by atoms with Crippen LogP contribution in [-0.4, -0.2) is 52.2 Å². The number of piperazine rings is 1. The van der Waals surface area contributed by atoms with Gasteiger partial charge in [-0.25, -0.2) is 0 Å². The van der Waals surface area contributed by atoms with E-state index in [1.807, 2.05) is 71.6 Å². The Kier molecular flexibility index (Phi) is 4.81. The van der Waals surface area contributed by atoms with Crippen molar-refractivity contribution in [2.45, 2.75) is 0 Å². The number of fused-ring (bicyclic) bond motifs is 1. The lowest BCUT2D eigenvalue weighted by Gasteiger charge is -2.35. The van der Waals surface area contributed by atoms with E-state index in [0.717, 1.165) is 46.6 Å². The van der Waals surface area contributed by atoms with Gasteiger partial charge in [-0.1, -0.05) is 36.4 Å². The molecule has 0 spiro atoms. The van der Waals surface area contributed by atoms with Crippen molar-refractivity contribution in [3.05, 3.63) is 84.6 Å². The van der Waals surface area contributed by atoms with Gasteiger partial charge in [0.05, 0.1) is 5.69 Å². The molecule has 2 aromatic heterocycles. The second-order valence-corrected chi connectivity index (χ2v) is 7.33. The van der Waals surface area contributed by atoms with Crippen LogP contribution in [0.2, 0.25) is 0 Å². The fourth-order valence-electron chi connectivity index (χ4n) is 3.79. The van der Waals surface area contributed by atoms with Crippen molar-refractivity contribution in [2.75, 3.05) is 31.1 Å². The Morgan fingerprint density at radius 2 is 1.53 bits per heavy atom. The van der Waals surface area contributed by atoms with Crippen molar-refractivity contribution in [1.29, 1.82) is 0 Å². The van der Waals surface area contributed by atoms with Gasteiger partial charge in [0.2, 0.25) is 0 Å². The summed E-state index contributed by atoms with van der Waals surface area (Å²) in [5, 5.41) is 10.9. The summed E-state index contributed by atoms with van der Waals surface area (Å²) in [6.07, 6.45) is 1.75. The molecule has 0 aliphatic carbocycles. The minimum Gasteiger partial charge on any atom is -0.352 e. The van der Waals surface area contributed by atoms with Crippen LogP contribution < -0.4 is 4.90 Å². The molecule has 0 radical (unpaired) electrons. The molecule has 1 saturated heterocycles. The first kappa shape index (κ1) is 18.2. The standard InChI is InChI=1S/C24H21N5O/c30-24(20-9-8-18-5-1-2-6-19(18)17-20)29-15-13-28(14-16-29)23-11-10-22(26-27-23)21-7-3-4-12-25-21/h1-12,17H,13-16H2. The van der Waals surface area contributed by atoms with Crippen molar-refractivity contribution in [3.63, 3.8) is 0 Å². The van der Waals surface area contributed by atoms with E-state index < -0.39 is 0 Å². The summed E-state index contributed by atoms with van der Waals surface area (Å²) >= 11 is 0. The van der Waals surface area contributed by atoms with E-state index in [1.54, 1.807) is 6.20 Å². The second kappa shape index (κ2) is 7.91. The molecule has 0 bridgehead atoms. The molecule has 1 fully saturated rings. The van der Waals surface area contributed by atoms with Crippen LogP contribution in [0.4, 0.5) is 5.82 Å². The third kappa shape index (κ3) is 3.59. The molecule has 1 amide bonds. The summed E-state index contributed by atoms with van der Waals surface area (Å²) in [6, 6.07) is 23.6. The first-order valence-electron chi connectivity index (χ1n) is 10.1. The number of hydrogen-bond acceptors (Lipinski definition) is 5. The molecule has 5 rings (SSSR count). The highest BCUT2D eigenvalue weighted by Gasteiger charge is 2.23. The number of hydrogen-bond donors (Lipinski definition) is 0. The molecule has 3 heterocycles. The zero-order chi connectivity index (χ0) is 20.3. The highest BCUT2D eigenvalue weighted by molar-refractivity contribution is 5.98. The number of pyridine rings is 1. The molecular formula is C24H21N5O. The van der Waals surface area contributed by atoms with Crippen molar-refractivity contribution >= 4 is 22.5 Å². The maximum Gasteiger partial charge on any atom is 0.253 e. The largest absolute Gasteiger partial charge is 0.352 e. The monoisotopic (exact) mass is 395 g/mol. The van der Waals surface area contributed by atoms with Crippen molar-refractivity contribution in [2.24, 2.45) is 0 Å². The number of carbonyl (C=O) groups excluding carboxylic acids is 1. The van der Waals surface area contributed by atoms with Gasteiger partial charge >= 0.3 is 0 Å². The summed E-state index contributed by atoms with van der Waals surface area (Å²) in [7, 11) is 0. The fraction of sp³-hybridized carbons (Fsp3) is 0.167. The molecule has 0 unspecified atom stereocenters. The van der Waals surface area contributed by atoms with Gasteiger partial charge in [-0.3, -0.25) is 9.78 Å². The topological polar surface area (TPSA) is 62.2 Å². The summed E-state index contributed by atoms with van der Waals surface area (Å²) in [4.78, 5) is 21.3. The van der Waals surface area contributed by atoms with Crippen LogP contribution in [0.25, 0.3) is 22.2 Å². The molecule has 6 nitrogen and oxygen atoms in total. The number of carbonyl (C=O) groups is 1. The number of rotatable bonds is 3. The molecule has 2 aromatic carbocycles. The number of benzene rings is 2. The van der Waals surface area contributed by atoms with E-state index in [0.29, 0.717) is 13.1 Å². The Hall–Kier alpha value is -3.80. The molecular weight excluding hydrogens is 374 g/mol. The van der Waals surface area contributed by atoms with Crippen LogP contribution in [0.1, 0.15) is 10.4 Å². The molecule has 1 aliphatic heterocycles. The van der Waals surface area contributed by atoms with E-state index in [9.17, 15) is 4.79 Å². The van der Waals surface area contributed by atoms with E-state index in [4.69, 9.17) is 0 Å². The SMILES string of the molecule is O=C(c1ccc2ccccc2c1)N1CCN(c2ccc(-c3ccccn3)nn2)CC1. The maximum atomic E-state index is 13.0. The highest BCUT2D eigenvalue weighted by Crippen LogP contribution is 2.20. The summed E-state index contributed by atoms with van der Waals surface area (Å²) in [6.45, 7) is 2.79. The quantitative estimate of drug-likeness (QED) is 0.530. The van der Waals surface area contributed by atoms with Crippen molar-refractivity contribution < 1.29 is 4.79 Å². The predicted octanol–water partition coefficient (Wildman–Crippen LogP) is 3.65. The van der Waals surface area contributed by atoms with Gasteiger partial charge in [-0.2, -0.15) is 0 Å². The number of amides is 1. The van der Waals surface area contributed by atoms with Gasteiger partial charge in [0.1, 0.15) is 5.69 Å². The van der Waals surface area contributed by atoms with E-state index in [-0.39, 0.29) is 5.91 Å². The average molecular weight is 395 g/mol. The van der Waals surface area contributed by atoms with Crippen LogP contribution in [0.3, 0.4) is 0 Å². The lowest BCUT2D eigenvalue weighted by atomic mass is 10.1. The van der Waals surface area contributed by atoms with Gasteiger partial charge in [0.15, 0.2) is 5.82 Å². The highest BCUT2D eigenvalue weighted by atomic mass is 16.2. The van der Waals surface area contributed by atoms with E-state index in [1.165, 1.54) is 0 Å². The average Bonchev–Trinajstić information content (AvgIpc) is 2.84. The zero-order valence-corrected chi connectivity index (χ0v) is 16.5. The molecule has 0 atom stereocenters. The lowest BCUT2D eigenvalue weighted by Crippen LogP contribution is -2.49. The Morgan fingerprint density at radius 3 is 2.27 bits per heavy atom. The summed E-state index contributed by atoms with van der Waals surface area (Å²) < 4.78 is 0. The van der Waals surface area contributed by atoms with Gasteiger partial charge in [0, 0.05) is 37.9 Å². The van der Waals surface area contributed by atoms with Gasteiger partial charge in [-0.05, 0) is 47.2 Å². The van der Waals surface area contributed by atoms with Gasteiger partial charge < -0.3 is 9.80 Å². The van der Waals surface area contributed by atoms with E-state index >= 15 is 0 Å². The Balaban J connectivity index is 1.25. The third-order valence-electron chi connectivity index (χ3n) is 5.47. The first-order chi connectivity index (χ1) is 14.8. The minimum atomic E-state index is 0.0805. The molecule has 30 heavy (non-hydrogen) atoms. The predicted molar refractivity (Wildman–Crippen MR) is 117 cm³/mol. The van der Waals surface area contributed by atoms with Gasteiger partial charge in [-0.15, -0.1) is 10.2 Å². The van der Waals surface area contributed by atoms with Crippen molar-refractivity contribution in [3.8, 4) is 11.4 Å². The fourth-order valence-corrected chi connectivity index (χ4v) is 3.79. The lowest BCUT2D eigenvalue weighted by molar-refractivity contribution is 0.0746. The van der Waals surface area contributed by atoms with Gasteiger partial charge in [0.25, 0.3) is 5.91 Å². The molecule has 4 aromatic rings. The Bertz CT molecular complexity index is 1170. The Morgan fingerprint density at radius 1 is 0.733 bits per heavy atom. The molecule has 1 aliphatic rings. The zero-order valence-electron chi connectivity index (χ0n) is 16.5. The van der Waals surface area contributed by atoms with Crippen molar-refractivity contribution in [1.82, 2.24) is 20.1 Å². The van der Waals surface area contributed by atoms with Crippen LogP contribution >= 0.6 is 0 Å². The first-order valence-corrected chi connectivity index (χ1v) is 10.1. The third-order valence-corrected chi connectivity index (χ3v) is 5.47. The smallest absolute Gasteiger partial charge is 0.253 e.